The Labute approximate surface area is 144 Å². The first kappa shape index (κ1) is 18.1. The van der Waals surface area contributed by atoms with E-state index in [0.29, 0.717) is 17.7 Å². The number of nitrogens with two attached hydrogens (primary N) is 1. The third-order valence-electron chi connectivity index (χ3n) is 4.17. The lowest BCUT2D eigenvalue weighted by atomic mass is 10.0. The first-order valence-corrected chi connectivity index (χ1v) is 8.25. The van der Waals surface area contributed by atoms with Gasteiger partial charge < -0.3 is 10.6 Å². The lowest BCUT2D eigenvalue weighted by molar-refractivity contribution is 0.243. The minimum atomic E-state index is 0.0405. The summed E-state index contributed by atoms with van der Waals surface area (Å²) >= 11 is 0. The van der Waals surface area contributed by atoms with E-state index in [1.165, 1.54) is 11.1 Å². The minimum absolute atomic E-state index is 0.0405. The molecule has 0 saturated carbocycles. The van der Waals surface area contributed by atoms with Crippen molar-refractivity contribution in [3.8, 4) is 0 Å². The predicted octanol–water partition coefficient (Wildman–Crippen LogP) is 2.84. The summed E-state index contributed by atoms with van der Waals surface area (Å²) < 4.78 is 0. The van der Waals surface area contributed by atoms with Crippen molar-refractivity contribution in [2.75, 3.05) is 31.8 Å². The zero-order chi connectivity index (χ0) is 17.9. The Balaban J connectivity index is 2.13. The van der Waals surface area contributed by atoms with E-state index < -0.39 is 0 Å². The summed E-state index contributed by atoms with van der Waals surface area (Å²) in [4.78, 5) is 17.0. The smallest absolute Gasteiger partial charge is 0.229 e. The lowest BCUT2D eigenvalue weighted by Gasteiger charge is -2.24. The van der Waals surface area contributed by atoms with Gasteiger partial charge in [0.1, 0.15) is 0 Å². The molecular weight excluding hydrogens is 300 g/mol. The van der Waals surface area contributed by atoms with Crippen molar-refractivity contribution < 1.29 is 0 Å². The fourth-order valence-corrected chi connectivity index (χ4v) is 2.41. The van der Waals surface area contributed by atoms with Gasteiger partial charge in [-0.2, -0.15) is 15.0 Å². The van der Waals surface area contributed by atoms with Gasteiger partial charge in [0.25, 0.3) is 0 Å². The number of hydrogen-bond donors (Lipinski definition) is 1. The van der Waals surface area contributed by atoms with E-state index >= 15 is 0 Å². The van der Waals surface area contributed by atoms with Crippen LogP contribution in [0.15, 0.2) is 24.3 Å². The van der Waals surface area contributed by atoms with Crippen LogP contribution in [0.4, 0.5) is 11.9 Å². The molecule has 2 aromatic rings. The molecule has 0 radical (unpaired) electrons. The number of benzene rings is 1. The molecule has 130 valence electrons. The highest BCUT2D eigenvalue weighted by Gasteiger charge is 2.17. The molecule has 0 spiro atoms. The van der Waals surface area contributed by atoms with Crippen LogP contribution in [0.5, 0.6) is 0 Å². The second kappa shape index (κ2) is 7.57. The summed E-state index contributed by atoms with van der Waals surface area (Å²) in [5.41, 5.74) is 8.45. The summed E-state index contributed by atoms with van der Waals surface area (Å²) in [5.74, 6) is 2.07. The quantitative estimate of drug-likeness (QED) is 0.879. The topological polar surface area (TPSA) is 71.2 Å². The van der Waals surface area contributed by atoms with E-state index in [1.807, 2.05) is 19.0 Å². The van der Waals surface area contributed by atoms with Gasteiger partial charge >= 0.3 is 0 Å². The molecule has 0 aliphatic heterocycles. The van der Waals surface area contributed by atoms with Crippen molar-refractivity contribution in [3.63, 3.8) is 0 Å². The van der Waals surface area contributed by atoms with Crippen molar-refractivity contribution in [2.45, 2.75) is 39.3 Å². The molecule has 2 rings (SSSR count). The molecule has 1 atom stereocenters. The lowest BCUT2D eigenvalue weighted by Crippen LogP contribution is -2.25. The van der Waals surface area contributed by atoms with Gasteiger partial charge in [0.05, 0.1) is 6.04 Å². The number of nitrogens with zero attached hydrogens (tertiary/aromatic N) is 5. The van der Waals surface area contributed by atoms with E-state index in [9.17, 15) is 0 Å². The summed E-state index contributed by atoms with van der Waals surface area (Å²) in [6.45, 7) is 7.31. The van der Waals surface area contributed by atoms with E-state index in [4.69, 9.17) is 5.73 Å². The maximum atomic E-state index is 5.83. The van der Waals surface area contributed by atoms with Gasteiger partial charge in [-0.15, -0.1) is 0 Å². The first-order chi connectivity index (χ1) is 11.3. The van der Waals surface area contributed by atoms with E-state index in [1.54, 1.807) is 0 Å². The Morgan fingerprint density at radius 1 is 0.958 bits per heavy atom. The molecule has 0 amide bonds. The Kier molecular flexibility index (Phi) is 5.72. The van der Waals surface area contributed by atoms with Crippen LogP contribution < -0.4 is 10.6 Å². The van der Waals surface area contributed by atoms with Gasteiger partial charge in [-0.05, 0) is 31.0 Å². The molecule has 0 aliphatic carbocycles. The van der Waals surface area contributed by atoms with Gasteiger partial charge in [-0.1, -0.05) is 38.1 Å². The Morgan fingerprint density at radius 3 is 2.12 bits per heavy atom. The molecule has 1 aromatic carbocycles. The van der Waals surface area contributed by atoms with Crippen LogP contribution in [0, 0.1) is 0 Å². The number of aromatic nitrogens is 3. The second-order valence-electron chi connectivity index (χ2n) is 6.73. The molecule has 0 fully saturated rings. The van der Waals surface area contributed by atoms with Gasteiger partial charge in [-0.3, -0.25) is 4.90 Å². The van der Waals surface area contributed by atoms with Gasteiger partial charge in [0.2, 0.25) is 11.9 Å². The Bertz CT molecular complexity index is 666. The molecular formula is C18H28N6. The van der Waals surface area contributed by atoms with Crippen LogP contribution in [0.25, 0.3) is 0 Å². The van der Waals surface area contributed by atoms with Crippen LogP contribution in [-0.2, 0) is 6.54 Å². The van der Waals surface area contributed by atoms with E-state index in [0.717, 1.165) is 6.54 Å². The average Bonchev–Trinajstić information content (AvgIpc) is 2.53. The predicted molar refractivity (Wildman–Crippen MR) is 99.0 cm³/mol. The van der Waals surface area contributed by atoms with Crippen LogP contribution in [0.1, 0.15) is 49.7 Å². The molecule has 24 heavy (non-hydrogen) atoms. The zero-order valence-corrected chi connectivity index (χ0v) is 15.5. The van der Waals surface area contributed by atoms with Gasteiger partial charge in [-0.25, -0.2) is 0 Å². The number of nitrogen functional groups attached to an aromatic ring is 1. The molecule has 6 nitrogen and oxygen atoms in total. The molecule has 0 aliphatic rings. The van der Waals surface area contributed by atoms with Crippen molar-refractivity contribution in [2.24, 2.45) is 0 Å². The summed E-state index contributed by atoms with van der Waals surface area (Å²) in [7, 11) is 5.85. The van der Waals surface area contributed by atoms with Gasteiger partial charge in [0, 0.05) is 20.6 Å². The highest BCUT2D eigenvalue weighted by molar-refractivity contribution is 5.33. The van der Waals surface area contributed by atoms with E-state index in [2.05, 4.69) is 71.9 Å². The van der Waals surface area contributed by atoms with Crippen molar-refractivity contribution >= 4 is 11.9 Å². The number of anilines is 2. The third kappa shape index (κ3) is 4.41. The Hall–Kier alpha value is -2.21. The standard InChI is InChI=1S/C18H28N6/c1-12(2)15-9-7-14(8-10-15)11-24(6)13(3)16-20-17(19)22-18(21-16)23(4)5/h7-10,12-13H,11H2,1-6H3,(H2,19,20,21,22)/t13-/m1/s1. The molecule has 0 unspecified atom stereocenters. The molecule has 0 bridgehead atoms. The second-order valence-corrected chi connectivity index (χ2v) is 6.73. The Morgan fingerprint density at radius 2 is 1.58 bits per heavy atom. The van der Waals surface area contributed by atoms with E-state index in [-0.39, 0.29) is 12.0 Å². The summed E-state index contributed by atoms with van der Waals surface area (Å²) in [6, 6.07) is 8.81. The van der Waals surface area contributed by atoms with Crippen LogP contribution in [0.2, 0.25) is 0 Å². The largest absolute Gasteiger partial charge is 0.368 e. The van der Waals surface area contributed by atoms with Crippen LogP contribution in [-0.4, -0.2) is 41.0 Å². The van der Waals surface area contributed by atoms with Crippen molar-refractivity contribution in [1.29, 1.82) is 0 Å². The molecule has 2 N–H and O–H groups in total. The number of hydrogen-bond acceptors (Lipinski definition) is 6. The van der Waals surface area contributed by atoms with Crippen LogP contribution in [0.3, 0.4) is 0 Å². The van der Waals surface area contributed by atoms with Gasteiger partial charge in [0.15, 0.2) is 5.82 Å². The third-order valence-corrected chi connectivity index (χ3v) is 4.17. The average molecular weight is 328 g/mol. The van der Waals surface area contributed by atoms with Crippen molar-refractivity contribution in [3.05, 3.63) is 41.2 Å². The maximum Gasteiger partial charge on any atom is 0.229 e. The number of rotatable bonds is 6. The molecule has 1 heterocycles. The summed E-state index contributed by atoms with van der Waals surface area (Å²) in [6.07, 6.45) is 0. The fourth-order valence-electron chi connectivity index (χ4n) is 2.41. The maximum absolute atomic E-state index is 5.83. The molecule has 6 heteroatoms. The highest BCUT2D eigenvalue weighted by atomic mass is 15.3. The summed E-state index contributed by atoms with van der Waals surface area (Å²) in [5, 5.41) is 0. The fraction of sp³-hybridized carbons (Fsp3) is 0.500. The zero-order valence-electron chi connectivity index (χ0n) is 15.5. The first-order valence-electron chi connectivity index (χ1n) is 8.25. The van der Waals surface area contributed by atoms with Crippen molar-refractivity contribution in [1.82, 2.24) is 19.9 Å². The normalized spacial score (nSPS) is 12.7. The minimum Gasteiger partial charge on any atom is -0.368 e. The molecule has 1 aromatic heterocycles. The monoisotopic (exact) mass is 328 g/mol. The molecule has 0 saturated heterocycles. The SMILES string of the molecule is CC(C)c1ccc(CN(C)[C@H](C)c2nc(N)nc(N(C)C)n2)cc1. The van der Waals surface area contributed by atoms with Crippen LogP contribution >= 0.6 is 0 Å². The highest BCUT2D eigenvalue weighted by Crippen LogP contribution is 2.21.